The third kappa shape index (κ3) is 5.62. The van der Waals surface area contributed by atoms with E-state index >= 15 is 0 Å². The molecule has 1 aliphatic heterocycles. The maximum atomic E-state index is 12.0. The van der Waals surface area contributed by atoms with Crippen LogP contribution in [0.4, 0.5) is 0 Å². The van der Waals surface area contributed by atoms with Crippen molar-refractivity contribution in [2.45, 2.75) is 32.6 Å². The van der Waals surface area contributed by atoms with E-state index < -0.39 is 0 Å². The summed E-state index contributed by atoms with van der Waals surface area (Å²) in [5.74, 6) is 0.643. The highest BCUT2D eigenvalue weighted by atomic mass is 35.5. The summed E-state index contributed by atoms with van der Waals surface area (Å²) in [5.41, 5.74) is 3.09. The molecule has 1 fully saturated rings. The first-order valence-corrected chi connectivity index (χ1v) is 9.03. The summed E-state index contributed by atoms with van der Waals surface area (Å²) in [4.78, 5) is 25.5. The lowest BCUT2D eigenvalue weighted by molar-refractivity contribution is -0.135. The number of hydrogen-bond acceptors (Lipinski definition) is 5. The number of ether oxygens (including phenoxy) is 2. The minimum Gasteiger partial charge on any atom is -0.493 e. The van der Waals surface area contributed by atoms with Crippen molar-refractivity contribution in [1.82, 2.24) is 10.3 Å². The molecule has 0 saturated carbocycles. The van der Waals surface area contributed by atoms with E-state index in [0.717, 1.165) is 19.3 Å². The van der Waals surface area contributed by atoms with Crippen LogP contribution in [0, 0.1) is 0 Å². The Morgan fingerprint density at radius 1 is 1.38 bits per heavy atom. The minimum atomic E-state index is -0.333. The van der Waals surface area contributed by atoms with E-state index in [-0.39, 0.29) is 18.4 Å². The predicted molar refractivity (Wildman–Crippen MR) is 100.0 cm³/mol. The van der Waals surface area contributed by atoms with E-state index in [2.05, 4.69) is 10.5 Å². The van der Waals surface area contributed by atoms with Gasteiger partial charge in [0.15, 0.2) is 11.5 Å². The van der Waals surface area contributed by atoms with Gasteiger partial charge in [0.1, 0.15) is 6.54 Å². The molecule has 1 saturated heterocycles. The zero-order valence-electron chi connectivity index (χ0n) is 15.1. The zero-order valence-corrected chi connectivity index (χ0v) is 15.8. The van der Waals surface area contributed by atoms with Gasteiger partial charge in [-0.25, -0.2) is 5.43 Å². The van der Waals surface area contributed by atoms with Crippen molar-refractivity contribution in [2.24, 2.45) is 5.10 Å². The topological polar surface area (TPSA) is 80.2 Å². The predicted octanol–water partition coefficient (Wildman–Crippen LogP) is 2.60. The number of hydrogen-bond donors (Lipinski definition) is 1. The molecule has 1 aromatic carbocycles. The van der Waals surface area contributed by atoms with E-state index in [4.69, 9.17) is 21.1 Å². The van der Waals surface area contributed by atoms with Gasteiger partial charge < -0.3 is 14.4 Å². The van der Waals surface area contributed by atoms with Crippen LogP contribution >= 0.6 is 11.6 Å². The molecule has 0 spiro atoms. The summed E-state index contributed by atoms with van der Waals surface area (Å²) in [7, 11) is 1.52. The lowest BCUT2D eigenvalue weighted by Gasteiger charge is -2.18. The summed E-state index contributed by atoms with van der Waals surface area (Å²) in [6, 6.07) is 3.38. The molecule has 0 atom stereocenters. The van der Waals surface area contributed by atoms with Crippen molar-refractivity contribution in [3.63, 3.8) is 0 Å². The van der Waals surface area contributed by atoms with Crippen LogP contribution in [0.5, 0.6) is 11.5 Å². The number of amides is 2. The highest BCUT2D eigenvalue weighted by Gasteiger charge is 2.18. The molecule has 8 heteroatoms. The highest BCUT2D eigenvalue weighted by molar-refractivity contribution is 6.32. The van der Waals surface area contributed by atoms with Crippen LogP contribution in [0.1, 0.15) is 38.2 Å². The number of benzene rings is 1. The fraction of sp³-hybridized carbons (Fsp3) is 0.500. The standard InChI is InChI=1S/C18H24ClN3O4/c1-3-26-18-14(19)9-13(10-15(18)25-2)11-20-21-16(23)12-22-8-6-4-5-7-17(22)24/h9-11H,3-8,12H2,1-2H3,(H,21,23)/b20-11-. The fourth-order valence-corrected chi connectivity index (χ4v) is 2.97. The van der Waals surface area contributed by atoms with Crippen LogP contribution in [0.2, 0.25) is 5.02 Å². The van der Waals surface area contributed by atoms with Gasteiger partial charge in [-0.05, 0) is 37.5 Å². The van der Waals surface area contributed by atoms with Crippen molar-refractivity contribution in [3.05, 3.63) is 22.7 Å². The molecule has 7 nitrogen and oxygen atoms in total. The smallest absolute Gasteiger partial charge is 0.259 e. The Labute approximate surface area is 158 Å². The van der Waals surface area contributed by atoms with Gasteiger partial charge in [-0.2, -0.15) is 5.10 Å². The van der Waals surface area contributed by atoms with E-state index in [9.17, 15) is 9.59 Å². The Balaban J connectivity index is 1.96. The van der Waals surface area contributed by atoms with Gasteiger partial charge in [0.2, 0.25) is 5.91 Å². The van der Waals surface area contributed by atoms with Crippen LogP contribution in [0.3, 0.4) is 0 Å². The Bertz CT molecular complexity index is 679. The largest absolute Gasteiger partial charge is 0.493 e. The van der Waals surface area contributed by atoms with Gasteiger partial charge in [-0.3, -0.25) is 9.59 Å². The quantitative estimate of drug-likeness (QED) is 0.581. The van der Waals surface area contributed by atoms with Gasteiger partial charge in [0, 0.05) is 13.0 Å². The molecule has 0 unspecified atom stereocenters. The molecule has 2 rings (SSSR count). The minimum absolute atomic E-state index is 0.0174. The first-order chi connectivity index (χ1) is 12.5. The van der Waals surface area contributed by atoms with E-state index in [1.165, 1.54) is 13.3 Å². The molecule has 0 radical (unpaired) electrons. The Kier molecular flexibility index (Phi) is 7.72. The lowest BCUT2D eigenvalue weighted by Crippen LogP contribution is -2.39. The summed E-state index contributed by atoms with van der Waals surface area (Å²) < 4.78 is 10.7. The van der Waals surface area contributed by atoms with Crippen LogP contribution in [-0.2, 0) is 9.59 Å². The number of rotatable bonds is 7. The number of carbonyl (C=O) groups excluding carboxylic acids is 2. The first-order valence-electron chi connectivity index (χ1n) is 8.65. The molecule has 1 N–H and O–H groups in total. The SMILES string of the molecule is CCOc1c(Cl)cc(/C=N\NC(=O)CN2CCCCCC2=O)cc1OC. The second-order valence-corrected chi connectivity index (χ2v) is 6.29. The number of likely N-dealkylation sites (tertiary alicyclic amines) is 1. The van der Waals surface area contributed by atoms with Gasteiger partial charge in [-0.15, -0.1) is 0 Å². The summed E-state index contributed by atoms with van der Waals surface area (Å²) in [5, 5.41) is 4.33. The second-order valence-electron chi connectivity index (χ2n) is 5.89. The van der Waals surface area contributed by atoms with Crippen molar-refractivity contribution >= 4 is 29.6 Å². The molecular weight excluding hydrogens is 358 g/mol. The molecule has 142 valence electrons. The van der Waals surface area contributed by atoms with Crippen LogP contribution < -0.4 is 14.9 Å². The number of nitrogens with one attached hydrogen (secondary N) is 1. The number of carbonyl (C=O) groups is 2. The maximum absolute atomic E-state index is 12.0. The summed E-state index contributed by atoms with van der Waals surface area (Å²) in [6.45, 7) is 2.95. The molecule has 26 heavy (non-hydrogen) atoms. The Hall–Kier alpha value is -2.28. The number of halogens is 1. The molecule has 0 aromatic heterocycles. The number of nitrogens with zero attached hydrogens (tertiary/aromatic N) is 2. The normalized spacial score (nSPS) is 15.0. The van der Waals surface area contributed by atoms with Crippen LogP contribution in [-0.4, -0.2) is 49.7 Å². The zero-order chi connectivity index (χ0) is 18.9. The Morgan fingerprint density at radius 3 is 2.92 bits per heavy atom. The molecule has 0 bridgehead atoms. The molecular formula is C18H24ClN3O4. The molecule has 2 amide bonds. The third-order valence-electron chi connectivity index (χ3n) is 3.95. The van der Waals surface area contributed by atoms with E-state index in [1.54, 1.807) is 17.0 Å². The third-order valence-corrected chi connectivity index (χ3v) is 4.23. The van der Waals surface area contributed by atoms with Gasteiger partial charge >= 0.3 is 0 Å². The van der Waals surface area contributed by atoms with Gasteiger partial charge in [0.05, 0.1) is 25.0 Å². The van der Waals surface area contributed by atoms with Crippen molar-refractivity contribution < 1.29 is 19.1 Å². The highest BCUT2D eigenvalue weighted by Crippen LogP contribution is 2.35. The average Bonchev–Trinajstić information content (AvgIpc) is 2.81. The van der Waals surface area contributed by atoms with Crippen molar-refractivity contribution in [2.75, 3.05) is 26.8 Å². The second kappa shape index (κ2) is 10.0. The maximum Gasteiger partial charge on any atom is 0.259 e. The molecule has 1 heterocycles. The monoisotopic (exact) mass is 381 g/mol. The van der Waals surface area contributed by atoms with Crippen LogP contribution in [0.15, 0.2) is 17.2 Å². The van der Waals surface area contributed by atoms with Crippen LogP contribution in [0.25, 0.3) is 0 Å². The van der Waals surface area contributed by atoms with Crippen molar-refractivity contribution in [3.8, 4) is 11.5 Å². The number of methoxy groups -OCH3 is 1. The van der Waals surface area contributed by atoms with E-state index in [1.807, 2.05) is 6.92 Å². The van der Waals surface area contributed by atoms with E-state index in [0.29, 0.717) is 41.7 Å². The molecule has 1 aliphatic rings. The Morgan fingerprint density at radius 2 is 2.19 bits per heavy atom. The first kappa shape index (κ1) is 20.0. The average molecular weight is 382 g/mol. The summed E-state index contributed by atoms with van der Waals surface area (Å²) in [6.07, 6.45) is 4.79. The summed E-state index contributed by atoms with van der Waals surface area (Å²) >= 11 is 6.20. The number of hydrazone groups is 1. The molecule has 1 aromatic rings. The van der Waals surface area contributed by atoms with Gasteiger partial charge in [-0.1, -0.05) is 18.0 Å². The van der Waals surface area contributed by atoms with Crippen molar-refractivity contribution in [1.29, 1.82) is 0 Å². The van der Waals surface area contributed by atoms with Gasteiger partial charge in [0.25, 0.3) is 5.91 Å². The molecule has 0 aliphatic carbocycles. The lowest BCUT2D eigenvalue weighted by atomic mass is 10.2. The fourth-order valence-electron chi connectivity index (χ4n) is 2.69.